The van der Waals surface area contributed by atoms with Crippen LogP contribution < -0.4 is 0 Å². The fraction of sp³-hybridized carbons (Fsp3) is 0.600. The molecule has 0 radical (unpaired) electrons. The molecule has 0 aliphatic rings. The molecular formula is C5H7F3O. The third kappa shape index (κ3) is 2.39. The average Bonchev–Trinajstić information content (AvgIpc) is 1.65. The summed E-state index contributed by atoms with van der Waals surface area (Å²) in [4.78, 5) is 0. The van der Waals surface area contributed by atoms with E-state index in [2.05, 4.69) is 11.3 Å². The molecule has 0 heterocycles. The molecule has 0 aromatic heterocycles. The van der Waals surface area contributed by atoms with Crippen LogP contribution in [0.1, 0.15) is 6.92 Å². The molecule has 54 valence electrons. The van der Waals surface area contributed by atoms with Crippen LogP contribution in [0.3, 0.4) is 0 Å². The first-order chi connectivity index (χ1) is 4.00. The van der Waals surface area contributed by atoms with E-state index in [9.17, 15) is 13.2 Å². The molecule has 0 spiro atoms. The quantitative estimate of drug-likeness (QED) is 0.545. The van der Waals surface area contributed by atoms with Crippen LogP contribution in [0.2, 0.25) is 0 Å². The molecule has 4 heteroatoms. The summed E-state index contributed by atoms with van der Waals surface area (Å²) < 4.78 is 39.0. The van der Waals surface area contributed by atoms with Crippen LogP contribution >= 0.6 is 0 Å². The van der Waals surface area contributed by atoms with Crippen molar-refractivity contribution in [3.05, 3.63) is 12.8 Å². The summed E-state index contributed by atoms with van der Waals surface area (Å²) in [6, 6.07) is 0. The fourth-order valence-electron chi connectivity index (χ4n) is 0.205. The Kier molecular flexibility index (Phi) is 2.55. The van der Waals surface area contributed by atoms with Crippen molar-refractivity contribution in [3.8, 4) is 0 Å². The van der Waals surface area contributed by atoms with Gasteiger partial charge in [-0.15, -0.1) is 0 Å². The number of halogens is 3. The summed E-state index contributed by atoms with van der Waals surface area (Å²) in [7, 11) is 0. The van der Waals surface area contributed by atoms with E-state index in [1.165, 1.54) is 0 Å². The van der Waals surface area contributed by atoms with Gasteiger partial charge in [0.25, 0.3) is 0 Å². The normalized spacial score (nSPS) is 14.7. The maximum atomic E-state index is 11.9. The topological polar surface area (TPSA) is 9.23 Å². The Labute approximate surface area is 51.1 Å². The lowest BCUT2D eigenvalue weighted by Crippen LogP contribution is -2.28. The van der Waals surface area contributed by atoms with E-state index in [4.69, 9.17) is 0 Å². The lowest BCUT2D eigenvalue weighted by atomic mass is 10.4. The van der Waals surface area contributed by atoms with Crippen LogP contribution in [-0.4, -0.2) is 12.3 Å². The van der Waals surface area contributed by atoms with Crippen molar-refractivity contribution in [2.45, 2.75) is 19.2 Å². The van der Waals surface area contributed by atoms with Crippen molar-refractivity contribution in [3.63, 3.8) is 0 Å². The number of hydrogen-bond donors (Lipinski definition) is 0. The van der Waals surface area contributed by atoms with Gasteiger partial charge in [-0.2, -0.15) is 8.78 Å². The Morgan fingerprint density at radius 2 is 2.11 bits per heavy atom. The first-order valence-electron chi connectivity index (χ1n) is 2.31. The highest BCUT2D eigenvalue weighted by atomic mass is 19.3. The molecule has 0 saturated heterocycles. The Bertz CT molecular complexity index is 100. The number of ether oxygens (including phenoxy) is 1. The van der Waals surface area contributed by atoms with E-state index in [0.29, 0.717) is 13.2 Å². The zero-order valence-corrected chi connectivity index (χ0v) is 4.90. The molecule has 1 atom stereocenters. The Balaban J connectivity index is 3.84. The molecule has 0 aromatic carbocycles. The minimum atomic E-state index is -3.73. The summed E-state index contributed by atoms with van der Waals surface area (Å²) >= 11 is 0. The smallest absolute Gasteiger partial charge is 0.429 e. The van der Waals surface area contributed by atoms with Gasteiger partial charge in [0.1, 0.15) is 0 Å². The van der Waals surface area contributed by atoms with E-state index in [0.717, 1.165) is 0 Å². The summed E-state index contributed by atoms with van der Waals surface area (Å²) in [5, 5.41) is 0. The van der Waals surface area contributed by atoms with Crippen LogP contribution in [0.15, 0.2) is 12.8 Å². The number of rotatable bonds is 3. The van der Waals surface area contributed by atoms with Crippen molar-refractivity contribution in [1.29, 1.82) is 0 Å². The average molecular weight is 140 g/mol. The molecule has 9 heavy (non-hydrogen) atoms. The van der Waals surface area contributed by atoms with Gasteiger partial charge in [0, 0.05) is 0 Å². The predicted octanol–water partition coefficient (Wildman–Crippen LogP) is 2.10. The second-order valence-corrected chi connectivity index (χ2v) is 1.46. The van der Waals surface area contributed by atoms with Gasteiger partial charge in [-0.3, -0.25) is 0 Å². The van der Waals surface area contributed by atoms with Crippen LogP contribution in [0, 0.1) is 0 Å². The van der Waals surface area contributed by atoms with Gasteiger partial charge in [0.05, 0.1) is 6.26 Å². The molecule has 1 unspecified atom stereocenters. The molecule has 1 nitrogen and oxygen atoms in total. The zero-order valence-electron chi connectivity index (χ0n) is 4.90. The van der Waals surface area contributed by atoms with E-state index in [-0.39, 0.29) is 0 Å². The maximum Gasteiger partial charge on any atom is 0.429 e. The third-order valence-corrected chi connectivity index (χ3v) is 0.704. The molecule has 0 fully saturated rings. The Morgan fingerprint density at radius 3 is 2.22 bits per heavy atom. The van der Waals surface area contributed by atoms with E-state index >= 15 is 0 Å². The van der Waals surface area contributed by atoms with Crippen molar-refractivity contribution >= 4 is 0 Å². The molecule has 0 aliphatic heterocycles. The fourth-order valence-corrected chi connectivity index (χ4v) is 0.205. The third-order valence-electron chi connectivity index (χ3n) is 0.704. The van der Waals surface area contributed by atoms with Crippen molar-refractivity contribution in [2.24, 2.45) is 0 Å². The van der Waals surface area contributed by atoms with Gasteiger partial charge in [-0.25, -0.2) is 4.39 Å². The highest BCUT2D eigenvalue weighted by molar-refractivity contribution is 4.64. The van der Waals surface area contributed by atoms with E-state index in [1.54, 1.807) is 0 Å². The van der Waals surface area contributed by atoms with Crippen LogP contribution in [0.5, 0.6) is 0 Å². The first kappa shape index (κ1) is 8.33. The standard InChI is InChI=1S/C5H7F3O/c1-3-9-5(7,8)4(2)6/h3-4H,1H2,2H3. The first-order valence-corrected chi connectivity index (χ1v) is 2.31. The lowest BCUT2D eigenvalue weighted by Gasteiger charge is -2.15. The summed E-state index contributed by atoms with van der Waals surface area (Å²) in [5.74, 6) is 0. The van der Waals surface area contributed by atoms with Crippen molar-refractivity contribution < 1.29 is 17.9 Å². The molecular weight excluding hydrogens is 133 g/mol. The minimum Gasteiger partial charge on any atom is -0.439 e. The molecule has 0 amide bonds. The molecule has 0 aromatic rings. The van der Waals surface area contributed by atoms with Crippen LogP contribution in [0.4, 0.5) is 13.2 Å². The second-order valence-electron chi connectivity index (χ2n) is 1.46. The van der Waals surface area contributed by atoms with Gasteiger partial charge in [0.15, 0.2) is 0 Å². The number of alkyl halides is 3. The SMILES string of the molecule is C=COC(F)(F)C(C)F. The minimum absolute atomic E-state index is 0.510. The second kappa shape index (κ2) is 2.75. The highest BCUT2D eigenvalue weighted by Gasteiger charge is 2.38. The summed E-state index contributed by atoms with van der Waals surface area (Å²) in [6.07, 6.45) is -5.53. The van der Waals surface area contributed by atoms with Crippen molar-refractivity contribution in [1.82, 2.24) is 0 Å². The maximum absolute atomic E-state index is 11.9. The van der Waals surface area contributed by atoms with Gasteiger partial charge < -0.3 is 4.74 Å². The lowest BCUT2D eigenvalue weighted by molar-refractivity contribution is -0.239. The van der Waals surface area contributed by atoms with Gasteiger partial charge in [-0.05, 0) is 6.92 Å². The Hall–Kier alpha value is -0.670. The Morgan fingerprint density at radius 1 is 1.67 bits per heavy atom. The molecule has 0 aliphatic carbocycles. The molecule has 0 saturated carbocycles. The number of hydrogen-bond acceptors (Lipinski definition) is 1. The molecule has 0 N–H and O–H groups in total. The van der Waals surface area contributed by atoms with E-state index < -0.39 is 12.3 Å². The van der Waals surface area contributed by atoms with Gasteiger partial charge in [0.2, 0.25) is 6.17 Å². The predicted molar refractivity (Wildman–Crippen MR) is 26.8 cm³/mol. The molecule has 0 bridgehead atoms. The monoisotopic (exact) mass is 140 g/mol. The van der Waals surface area contributed by atoms with Crippen LogP contribution in [-0.2, 0) is 4.74 Å². The van der Waals surface area contributed by atoms with Gasteiger partial charge >= 0.3 is 6.11 Å². The largest absolute Gasteiger partial charge is 0.439 e. The molecule has 0 rings (SSSR count). The van der Waals surface area contributed by atoms with Gasteiger partial charge in [-0.1, -0.05) is 6.58 Å². The summed E-state index contributed by atoms with van der Waals surface area (Å²) in [6.45, 7) is 3.57. The van der Waals surface area contributed by atoms with Crippen molar-refractivity contribution in [2.75, 3.05) is 0 Å². The van der Waals surface area contributed by atoms with E-state index in [1.807, 2.05) is 0 Å². The van der Waals surface area contributed by atoms with Crippen LogP contribution in [0.25, 0.3) is 0 Å². The summed E-state index contributed by atoms with van der Waals surface area (Å²) in [5.41, 5.74) is 0. The highest BCUT2D eigenvalue weighted by Crippen LogP contribution is 2.22. The zero-order chi connectivity index (χ0) is 7.49.